The molecule has 0 saturated carbocycles. The van der Waals surface area contributed by atoms with E-state index < -0.39 is 11.9 Å². The topological polar surface area (TPSA) is 96.5 Å². The Morgan fingerprint density at radius 1 is 1.43 bits per heavy atom. The fourth-order valence-corrected chi connectivity index (χ4v) is 2.30. The maximum atomic E-state index is 11.8. The number of aromatic nitrogens is 2. The third-order valence-corrected chi connectivity index (χ3v) is 3.40. The van der Waals surface area contributed by atoms with Gasteiger partial charge >= 0.3 is 5.97 Å². The maximum Gasteiger partial charge on any atom is 0.308 e. The van der Waals surface area contributed by atoms with E-state index in [1.165, 1.54) is 4.90 Å². The SMILES string of the molecule is O=C(O)[C@H]1CC(=O)N(Cc2cc(-c3ccccn3)no2)C1. The van der Waals surface area contributed by atoms with Crippen LogP contribution in [0.5, 0.6) is 0 Å². The van der Waals surface area contributed by atoms with Crippen molar-refractivity contribution in [1.82, 2.24) is 15.0 Å². The molecule has 1 fully saturated rings. The average molecular weight is 287 g/mol. The van der Waals surface area contributed by atoms with Gasteiger partial charge in [0.05, 0.1) is 18.2 Å². The molecule has 0 bridgehead atoms. The Hall–Kier alpha value is -2.70. The quantitative estimate of drug-likeness (QED) is 0.906. The Bertz CT molecular complexity index is 668. The number of carboxylic acid groups (broad SMARTS) is 1. The van der Waals surface area contributed by atoms with Gasteiger partial charge in [-0.05, 0) is 12.1 Å². The molecule has 1 N–H and O–H groups in total. The van der Waals surface area contributed by atoms with Gasteiger partial charge in [0.1, 0.15) is 5.69 Å². The van der Waals surface area contributed by atoms with Crippen LogP contribution in [0.2, 0.25) is 0 Å². The number of carbonyl (C=O) groups is 2. The predicted octanol–water partition coefficient (Wildman–Crippen LogP) is 1.17. The largest absolute Gasteiger partial charge is 0.481 e. The van der Waals surface area contributed by atoms with Crippen LogP contribution in [0, 0.1) is 5.92 Å². The summed E-state index contributed by atoms with van der Waals surface area (Å²) in [7, 11) is 0. The normalized spacial score (nSPS) is 18.2. The Balaban J connectivity index is 1.71. The summed E-state index contributed by atoms with van der Waals surface area (Å²) < 4.78 is 5.19. The summed E-state index contributed by atoms with van der Waals surface area (Å²) in [5, 5.41) is 12.9. The summed E-state index contributed by atoms with van der Waals surface area (Å²) in [5.74, 6) is -1.26. The van der Waals surface area contributed by atoms with Crippen molar-refractivity contribution in [3.63, 3.8) is 0 Å². The second-order valence-corrected chi connectivity index (χ2v) is 4.91. The van der Waals surface area contributed by atoms with Gasteiger partial charge in [-0.1, -0.05) is 11.2 Å². The molecule has 2 aromatic heterocycles. The highest BCUT2D eigenvalue weighted by atomic mass is 16.5. The molecule has 0 spiro atoms. The van der Waals surface area contributed by atoms with Gasteiger partial charge < -0.3 is 14.5 Å². The van der Waals surface area contributed by atoms with Gasteiger partial charge in [0.2, 0.25) is 5.91 Å². The highest BCUT2D eigenvalue weighted by molar-refractivity contribution is 5.86. The van der Waals surface area contributed by atoms with Crippen molar-refractivity contribution >= 4 is 11.9 Å². The minimum Gasteiger partial charge on any atom is -0.481 e. The number of amides is 1. The van der Waals surface area contributed by atoms with E-state index in [-0.39, 0.29) is 25.4 Å². The van der Waals surface area contributed by atoms with Crippen LogP contribution in [0.3, 0.4) is 0 Å². The number of carbonyl (C=O) groups excluding carboxylic acids is 1. The predicted molar refractivity (Wildman–Crippen MR) is 70.9 cm³/mol. The lowest BCUT2D eigenvalue weighted by Gasteiger charge is -2.13. The number of aliphatic carboxylic acids is 1. The zero-order valence-corrected chi connectivity index (χ0v) is 11.1. The van der Waals surface area contributed by atoms with Crippen LogP contribution in [0.4, 0.5) is 0 Å². The highest BCUT2D eigenvalue weighted by Crippen LogP contribution is 2.22. The molecule has 108 valence electrons. The van der Waals surface area contributed by atoms with Crippen LogP contribution < -0.4 is 0 Å². The van der Waals surface area contributed by atoms with Crippen molar-refractivity contribution in [2.75, 3.05) is 6.54 Å². The van der Waals surface area contributed by atoms with Crippen LogP contribution in [0.25, 0.3) is 11.4 Å². The lowest BCUT2D eigenvalue weighted by atomic mass is 10.1. The third-order valence-electron chi connectivity index (χ3n) is 3.40. The summed E-state index contributed by atoms with van der Waals surface area (Å²) >= 11 is 0. The van der Waals surface area contributed by atoms with Gasteiger partial charge in [-0.15, -0.1) is 0 Å². The van der Waals surface area contributed by atoms with E-state index >= 15 is 0 Å². The Morgan fingerprint density at radius 2 is 2.29 bits per heavy atom. The second-order valence-electron chi connectivity index (χ2n) is 4.91. The lowest BCUT2D eigenvalue weighted by molar-refractivity contribution is -0.141. The summed E-state index contributed by atoms with van der Waals surface area (Å²) in [6.07, 6.45) is 1.70. The number of pyridine rings is 1. The van der Waals surface area contributed by atoms with Crippen molar-refractivity contribution in [3.8, 4) is 11.4 Å². The van der Waals surface area contributed by atoms with Gasteiger partial charge in [0.25, 0.3) is 0 Å². The molecule has 0 aliphatic carbocycles. The van der Waals surface area contributed by atoms with Crippen LogP contribution >= 0.6 is 0 Å². The smallest absolute Gasteiger partial charge is 0.308 e. The van der Waals surface area contributed by atoms with Crippen molar-refractivity contribution in [3.05, 3.63) is 36.2 Å². The van der Waals surface area contributed by atoms with E-state index in [2.05, 4.69) is 10.1 Å². The van der Waals surface area contributed by atoms with Crippen molar-refractivity contribution in [2.24, 2.45) is 5.92 Å². The first-order valence-corrected chi connectivity index (χ1v) is 6.51. The number of nitrogens with zero attached hydrogens (tertiary/aromatic N) is 3. The molecule has 21 heavy (non-hydrogen) atoms. The molecule has 7 heteroatoms. The van der Waals surface area contributed by atoms with Crippen LogP contribution in [-0.2, 0) is 16.1 Å². The number of hydrogen-bond acceptors (Lipinski definition) is 5. The van der Waals surface area contributed by atoms with Gasteiger partial charge in [0.15, 0.2) is 5.76 Å². The Labute approximate surface area is 120 Å². The minimum atomic E-state index is -0.947. The first kappa shape index (κ1) is 13.3. The molecular formula is C14H13N3O4. The molecule has 3 rings (SSSR count). The zero-order chi connectivity index (χ0) is 14.8. The maximum absolute atomic E-state index is 11.8. The number of rotatable bonds is 4. The Kier molecular flexibility index (Phi) is 3.39. The molecule has 1 amide bonds. The van der Waals surface area contributed by atoms with E-state index in [1.54, 1.807) is 18.3 Å². The first-order valence-electron chi connectivity index (χ1n) is 6.51. The molecule has 7 nitrogen and oxygen atoms in total. The monoisotopic (exact) mass is 287 g/mol. The van der Waals surface area contributed by atoms with E-state index in [0.29, 0.717) is 17.1 Å². The summed E-state index contributed by atoms with van der Waals surface area (Å²) in [5.41, 5.74) is 1.27. The molecule has 1 saturated heterocycles. The van der Waals surface area contributed by atoms with Crippen molar-refractivity contribution in [1.29, 1.82) is 0 Å². The number of carboxylic acids is 1. The first-order chi connectivity index (χ1) is 10.1. The number of hydrogen-bond donors (Lipinski definition) is 1. The lowest BCUT2D eigenvalue weighted by Crippen LogP contribution is -2.25. The molecule has 0 aromatic carbocycles. The van der Waals surface area contributed by atoms with Gasteiger partial charge in [-0.25, -0.2) is 0 Å². The molecule has 1 aliphatic heterocycles. The zero-order valence-electron chi connectivity index (χ0n) is 11.1. The molecule has 0 unspecified atom stereocenters. The molecule has 2 aromatic rings. The number of likely N-dealkylation sites (tertiary alicyclic amines) is 1. The average Bonchev–Trinajstić information content (AvgIpc) is 3.08. The molecular weight excluding hydrogens is 274 g/mol. The fraction of sp³-hybridized carbons (Fsp3) is 0.286. The standard InChI is InChI=1S/C14H13N3O4/c18-13-5-9(14(19)20)7-17(13)8-10-6-12(16-21-10)11-3-1-2-4-15-11/h1-4,6,9H,5,7-8H2,(H,19,20)/t9-/m0/s1. The van der Waals surface area contributed by atoms with Gasteiger partial charge in [-0.3, -0.25) is 14.6 Å². The Morgan fingerprint density at radius 3 is 2.95 bits per heavy atom. The molecule has 3 heterocycles. The van der Waals surface area contributed by atoms with Crippen LogP contribution in [0.15, 0.2) is 35.0 Å². The van der Waals surface area contributed by atoms with Gasteiger partial charge in [0, 0.05) is 25.2 Å². The second kappa shape index (κ2) is 5.35. The summed E-state index contributed by atoms with van der Waals surface area (Å²) in [6, 6.07) is 7.17. The molecule has 1 atom stereocenters. The summed E-state index contributed by atoms with van der Waals surface area (Å²) in [6.45, 7) is 0.427. The molecule has 1 aliphatic rings. The summed E-state index contributed by atoms with van der Waals surface area (Å²) in [4.78, 5) is 28.3. The van der Waals surface area contributed by atoms with E-state index in [0.717, 1.165) is 0 Å². The highest BCUT2D eigenvalue weighted by Gasteiger charge is 2.34. The van der Waals surface area contributed by atoms with E-state index in [1.807, 2.05) is 12.1 Å². The van der Waals surface area contributed by atoms with Crippen LogP contribution in [-0.4, -0.2) is 38.6 Å². The molecule has 0 radical (unpaired) electrons. The fourth-order valence-electron chi connectivity index (χ4n) is 2.30. The van der Waals surface area contributed by atoms with Crippen molar-refractivity contribution in [2.45, 2.75) is 13.0 Å². The van der Waals surface area contributed by atoms with Crippen LogP contribution in [0.1, 0.15) is 12.2 Å². The van der Waals surface area contributed by atoms with Gasteiger partial charge in [-0.2, -0.15) is 0 Å². The third kappa shape index (κ3) is 2.76. The van der Waals surface area contributed by atoms with Crippen molar-refractivity contribution < 1.29 is 19.2 Å². The van der Waals surface area contributed by atoms with E-state index in [9.17, 15) is 9.59 Å². The van der Waals surface area contributed by atoms with E-state index in [4.69, 9.17) is 9.63 Å². The minimum absolute atomic E-state index is 0.0383.